The highest BCUT2D eigenvalue weighted by molar-refractivity contribution is 8.45. The lowest BCUT2D eigenvalue weighted by Crippen LogP contribution is -2.06. The second-order valence-electron chi connectivity index (χ2n) is 3.05. The minimum atomic E-state index is -9.60. The van der Waals surface area contributed by atoms with Gasteiger partial charge in [0.1, 0.15) is 4.90 Å². The van der Waals surface area contributed by atoms with Crippen molar-refractivity contribution in [2.45, 2.75) is 11.8 Å². The fourth-order valence-corrected chi connectivity index (χ4v) is 1.60. The van der Waals surface area contributed by atoms with Crippen LogP contribution in [0.5, 0.6) is 0 Å². The van der Waals surface area contributed by atoms with Gasteiger partial charge in [0, 0.05) is 5.56 Å². The number of Topliss-reactive ketones (excluding diaryl/α,β-unsaturated/α-hetero) is 1. The van der Waals surface area contributed by atoms with Crippen LogP contribution in [0.2, 0.25) is 0 Å². The lowest BCUT2D eigenvalue weighted by molar-refractivity contribution is 0.101. The number of hydrogen-bond donors (Lipinski definition) is 0. The fraction of sp³-hybridized carbons (Fsp3) is 0.125. The lowest BCUT2D eigenvalue weighted by Gasteiger charge is -2.40. The fourth-order valence-electron chi connectivity index (χ4n) is 0.947. The maximum atomic E-state index is 12.2. The van der Waals surface area contributed by atoms with Crippen molar-refractivity contribution in [3.8, 4) is 0 Å². The van der Waals surface area contributed by atoms with E-state index in [0.717, 1.165) is 19.1 Å². The van der Waals surface area contributed by atoms with Crippen LogP contribution in [0.25, 0.3) is 0 Å². The molecule has 0 aliphatic carbocycles. The number of rotatable bonds is 2. The zero-order valence-corrected chi connectivity index (χ0v) is 8.33. The molecule has 0 fully saturated rings. The number of benzene rings is 1. The van der Waals surface area contributed by atoms with Gasteiger partial charge >= 0.3 is 10.2 Å². The SMILES string of the molecule is CC(=O)c1ccc(S(F)(F)(F)(F)F)cc1. The van der Waals surface area contributed by atoms with Crippen molar-refractivity contribution in [3.05, 3.63) is 29.8 Å². The highest BCUT2D eigenvalue weighted by Gasteiger charge is 2.65. The first-order chi connectivity index (χ1) is 6.40. The Bertz CT molecular complexity index is 404. The molecule has 0 heterocycles. The summed E-state index contributed by atoms with van der Waals surface area (Å²) in [5, 5.41) is 0. The minimum Gasteiger partial charge on any atom is -0.295 e. The van der Waals surface area contributed by atoms with Crippen molar-refractivity contribution in [3.63, 3.8) is 0 Å². The number of carbonyl (C=O) groups is 1. The Morgan fingerprint density at radius 3 is 1.67 bits per heavy atom. The van der Waals surface area contributed by atoms with E-state index in [2.05, 4.69) is 0 Å². The summed E-state index contributed by atoms with van der Waals surface area (Å²) < 4.78 is 61.0. The Morgan fingerprint density at radius 2 is 1.40 bits per heavy atom. The summed E-state index contributed by atoms with van der Waals surface area (Å²) in [5.41, 5.74) is -0.0411. The molecule has 1 aromatic carbocycles. The predicted octanol–water partition coefficient (Wildman–Crippen LogP) is 4.55. The molecule has 15 heavy (non-hydrogen) atoms. The number of hydrogen-bond acceptors (Lipinski definition) is 1. The normalized spacial score (nSPS) is 16.7. The zero-order chi connectivity index (χ0) is 12.0. The van der Waals surface area contributed by atoms with E-state index in [1.54, 1.807) is 0 Å². The van der Waals surface area contributed by atoms with E-state index in [1.165, 1.54) is 0 Å². The van der Waals surface area contributed by atoms with Gasteiger partial charge in [0.05, 0.1) is 0 Å². The van der Waals surface area contributed by atoms with Crippen LogP contribution in [0, 0.1) is 0 Å². The minimum absolute atomic E-state index is 0.0411. The van der Waals surface area contributed by atoms with Gasteiger partial charge in [-0.15, -0.1) is 0 Å². The summed E-state index contributed by atoms with van der Waals surface area (Å²) in [6, 6.07) is 1.90. The third-order valence-corrected chi connectivity index (χ3v) is 2.87. The Labute approximate surface area is 82.6 Å². The second kappa shape index (κ2) is 2.52. The van der Waals surface area contributed by atoms with Crippen molar-refractivity contribution in [2.75, 3.05) is 0 Å². The van der Waals surface area contributed by atoms with Crippen molar-refractivity contribution in [1.29, 1.82) is 0 Å². The summed E-state index contributed by atoms with van der Waals surface area (Å²) in [6.07, 6.45) is 0. The van der Waals surface area contributed by atoms with Gasteiger partial charge in [0.2, 0.25) is 0 Å². The van der Waals surface area contributed by atoms with Gasteiger partial charge in [-0.3, -0.25) is 4.79 Å². The molecule has 7 heteroatoms. The standard InChI is InChI=1S/C8H7F5OS/c1-6(14)7-2-4-8(5-3-7)15(9,10,11,12)13/h2-5H,1H3. The Morgan fingerprint density at radius 1 is 1.00 bits per heavy atom. The Kier molecular flexibility index (Phi) is 2.01. The summed E-state index contributed by atoms with van der Waals surface area (Å²) in [4.78, 5) is 8.72. The average molecular weight is 246 g/mol. The van der Waals surface area contributed by atoms with Crippen molar-refractivity contribution in [1.82, 2.24) is 0 Å². The van der Waals surface area contributed by atoms with E-state index >= 15 is 0 Å². The van der Waals surface area contributed by atoms with E-state index in [-0.39, 0.29) is 17.7 Å². The second-order valence-corrected chi connectivity index (χ2v) is 5.46. The zero-order valence-electron chi connectivity index (χ0n) is 7.52. The van der Waals surface area contributed by atoms with E-state index in [4.69, 9.17) is 0 Å². The molecule has 0 aromatic heterocycles. The Balaban J connectivity index is 3.29. The van der Waals surface area contributed by atoms with Gasteiger partial charge < -0.3 is 0 Å². The van der Waals surface area contributed by atoms with Crippen LogP contribution in [0.3, 0.4) is 0 Å². The molecule has 1 aromatic rings. The molecule has 0 atom stereocenters. The molecule has 86 valence electrons. The summed E-state index contributed by atoms with van der Waals surface area (Å²) in [7, 11) is -9.60. The van der Waals surface area contributed by atoms with E-state index in [1.807, 2.05) is 0 Å². The van der Waals surface area contributed by atoms with Crippen molar-refractivity contribution < 1.29 is 24.2 Å². The number of halogens is 5. The molecule has 0 amide bonds. The van der Waals surface area contributed by atoms with Crippen LogP contribution in [-0.2, 0) is 0 Å². The van der Waals surface area contributed by atoms with Crippen LogP contribution in [0.4, 0.5) is 19.4 Å². The van der Waals surface area contributed by atoms with Crippen LogP contribution >= 0.6 is 10.2 Å². The summed E-state index contributed by atoms with van der Waals surface area (Å²) >= 11 is 0. The third kappa shape index (κ3) is 2.92. The van der Waals surface area contributed by atoms with Gasteiger partial charge in [-0.25, -0.2) is 0 Å². The number of ketones is 1. The monoisotopic (exact) mass is 246 g/mol. The maximum absolute atomic E-state index is 12.2. The molecule has 0 unspecified atom stereocenters. The molecule has 1 nitrogen and oxygen atoms in total. The van der Waals surface area contributed by atoms with Crippen LogP contribution in [0.15, 0.2) is 29.2 Å². The quantitative estimate of drug-likeness (QED) is 0.552. The Hall–Kier alpha value is -1.11. The molecule has 0 spiro atoms. The molecule has 0 saturated heterocycles. The molecule has 0 bridgehead atoms. The van der Waals surface area contributed by atoms with Crippen LogP contribution in [0.1, 0.15) is 17.3 Å². The van der Waals surface area contributed by atoms with Gasteiger partial charge in [-0.2, -0.15) is 0 Å². The van der Waals surface area contributed by atoms with E-state index in [9.17, 15) is 24.2 Å². The third-order valence-electron chi connectivity index (χ3n) is 1.71. The van der Waals surface area contributed by atoms with Gasteiger partial charge in [0.15, 0.2) is 5.78 Å². The highest BCUT2D eigenvalue weighted by atomic mass is 32.5. The molecule has 0 aliphatic heterocycles. The van der Waals surface area contributed by atoms with Crippen LogP contribution in [-0.4, -0.2) is 5.78 Å². The van der Waals surface area contributed by atoms with Gasteiger partial charge in [-0.05, 0) is 31.2 Å². The molecule has 0 N–H and O–H groups in total. The van der Waals surface area contributed by atoms with Gasteiger partial charge in [-0.1, -0.05) is 19.4 Å². The largest absolute Gasteiger partial charge is 0.310 e. The molecule has 1 rings (SSSR count). The van der Waals surface area contributed by atoms with E-state index < -0.39 is 20.9 Å². The molecule has 0 saturated carbocycles. The summed E-state index contributed by atoms with van der Waals surface area (Å²) in [6.45, 7) is 1.13. The average Bonchev–Trinajstić information content (AvgIpc) is 2.00. The molecule has 0 aliphatic rings. The first-order valence-electron chi connectivity index (χ1n) is 3.75. The smallest absolute Gasteiger partial charge is 0.295 e. The molecule has 0 radical (unpaired) electrons. The first kappa shape index (κ1) is 12.0. The van der Waals surface area contributed by atoms with Crippen molar-refractivity contribution in [2.24, 2.45) is 0 Å². The topological polar surface area (TPSA) is 17.1 Å². The van der Waals surface area contributed by atoms with Crippen LogP contribution < -0.4 is 0 Å². The number of carbonyl (C=O) groups excluding carboxylic acids is 1. The predicted molar refractivity (Wildman–Crippen MR) is 47.8 cm³/mol. The maximum Gasteiger partial charge on any atom is 0.310 e. The van der Waals surface area contributed by atoms with Gasteiger partial charge in [0.25, 0.3) is 0 Å². The first-order valence-corrected chi connectivity index (χ1v) is 5.70. The lowest BCUT2D eigenvalue weighted by atomic mass is 10.2. The molecular weight excluding hydrogens is 239 g/mol. The van der Waals surface area contributed by atoms with E-state index in [0.29, 0.717) is 0 Å². The molecular formula is C8H7F5OS. The summed E-state index contributed by atoms with van der Waals surface area (Å²) in [5.74, 6) is -0.483. The highest BCUT2D eigenvalue weighted by Crippen LogP contribution is 3.02. The van der Waals surface area contributed by atoms with Crippen molar-refractivity contribution >= 4 is 16.0 Å².